The molecule has 0 aromatic rings. The van der Waals surface area contributed by atoms with Gasteiger partial charge in [0.25, 0.3) is 0 Å². The summed E-state index contributed by atoms with van der Waals surface area (Å²) >= 11 is 0. The lowest BCUT2D eigenvalue weighted by Gasteiger charge is -2.11. The van der Waals surface area contributed by atoms with Crippen molar-refractivity contribution in [3.8, 4) is 0 Å². The largest absolute Gasteiger partial charge is 0.396 e. The second kappa shape index (κ2) is 4.01. The molecule has 5 nitrogen and oxygen atoms in total. The number of nitrogens with two attached hydrogens (primary N) is 1. The average molecular weight is 183 g/mol. The zero-order valence-electron chi connectivity index (χ0n) is 6.27. The van der Waals surface area contributed by atoms with E-state index in [2.05, 4.69) is 5.14 Å². The van der Waals surface area contributed by atoms with Gasteiger partial charge in [-0.15, -0.1) is 0 Å². The fraction of sp³-hybridized carbons (Fsp3) is 1.00. The van der Waals surface area contributed by atoms with Crippen molar-refractivity contribution in [2.45, 2.75) is 18.8 Å². The van der Waals surface area contributed by atoms with Crippen molar-refractivity contribution in [1.29, 1.82) is 0 Å². The van der Waals surface area contributed by atoms with Crippen molar-refractivity contribution in [2.75, 3.05) is 6.61 Å². The Labute approximate surface area is 65.9 Å². The summed E-state index contributed by atoms with van der Waals surface area (Å²) in [7, 11) is -3.86. The van der Waals surface area contributed by atoms with E-state index in [0.717, 1.165) is 0 Å². The lowest BCUT2D eigenvalue weighted by Crippen LogP contribution is -2.30. The molecule has 0 fully saturated rings. The second-order valence-corrected chi connectivity index (χ2v) is 4.29. The number of primary sulfonamides is 1. The van der Waals surface area contributed by atoms with E-state index < -0.39 is 15.5 Å². The maximum atomic E-state index is 10.4. The standard InChI is InChI=1S/C5H13NO4S/c1-4(3-7)2-5(8)11(6,9)10/h4-5,7-8H,2-3H2,1H3,(H2,6,9,10). The van der Waals surface area contributed by atoms with Crippen LogP contribution in [-0.2, 0) is 10.0 Å². The molecule has 68 valence electrons. The Bertz CT molecular complexity index is 201. The summed E-state index contributed by atoms with van der Waals surface area (Å²) in [6.07, 6.45) is -0.0324. The van der Waals surface area contributed by atoms with E-state index in [9.17, 15) is 8.42 Å². The molecule has 2 atom stereocenters. The Morgan fingerprint density at radius 3 is 2.27 bits per heavy atom. The fourth-order valence-electron chi connectivity index (χ4n) is 0.553. The number of aliphatic hydroxyl groups is 2. The van der Waals surface area contributed by atoms with Crippen LogP contribution in [0.4, 0.5) is 0 Å². The minimum absolute atomic E-state index is 0.0324. The molecule has 0 rings (SSSR count). The molecule has 0 spiro atoms. The van der Waals surface area contributed by atoms with Crippen LogP contribution < -0.4 is 5.14 Å². The monoisotopic (exact) mass is 183 g/mol. The van der Waals surface area contributed by atoms with E-state index in [-0.39, 0.29) is 18.9 Å². The van der Waals surface area contributed by atoms with Crippen LogP contribution in [0.3, 0.4) is 0 Å². The van der Waals surface area contributed by atoms with Crippen LogP contribution in [0.5, 0.6) is 0 Å². The number of hydrogen-bond donors (Lipinski definition) is 3. The number of hydrogen-bond acceptors (Lipinski definition) is 4. The zero-order valence-corrected chi connectivity index (χ0v) is 7.08. The predicted molar refractivity (Wildman–Crippen MR) is 40.0 cm³/mol. The van der Waals surface area contributed by atoms with E-state index in [4.69, 9.17) is 10.2 Å². The van der Waals surface area contributed by atoms with Gasteiger partial charge in [0.2, 0.25) is 10.0 Å². The highest BCUT2D eigenvalue weighted by atomic mass is 32.2. The molecule has 0 aliphatic heterocycles. The minimum Gasteiger partial charge on any atom is -0.396 e. The molecular formula is C5H13NO4S. The third-order valence-electron chi connectivity index (χ3n) is 1.29. The van der Waals surface area contributed by atoms with Gasteiger partial charge in [-0.25, -0.2) is 13.6 Å². The molecule has 0 aliphatic rings. The number of sulfonamides is 1. The topological polar surface area (TPSA) is 101 Å². The first-order valence-electron chi connectivity index (χ1n) is 3.18. The van der Waals surface area contributed by atoms with E-state index in [1.165, 1.54) is 0 Å². The molecule has 0 saturated carbocycles. The molecule has 11 heavy (non-hydrogen) atoms. The summed E-state index contributed by atoms with van der Waals surface area (Å²) < 4.78 is 20.9. The Morgan fingerprint density at radius 1 is 1.55 bits per heavy atom. The van der Waals surface area contributed by atoms with Crippen molar-refractivity contribution in [3.63, 3.8) is 0 Å². The first-order chi connectivity index (χ1) is 4.88. The van der Waals surface area contributed by atoms with Gasteiger partial charge in [0.1, 0.15) is 0 Å². The Hall–Kier alpha value is -0.170. The van der Waals surface area contributed by atoms with Crippen LogP contribution in [0.15, 0.2) is 0 Å². The molecule has 0 aromatic heterocycles. The van der Waals surface area contributed by atoms with Crippen LogP contribution in [0, 0.1) is 5.92 Å². The predicted octanol–water partition coefficient (Wildman–Crippen LogP) is -1.39. The summed E-state index contributed by atoms with van der Waals surface area (Å²) in [5.74, 6) is -0.261. The highest BCUT2D eigenvalue weighted by Gasteiger charge is 2.19. The molecule has 0 saturated heterocycles. The molecule has 2 unspecified atom stereocenters. The SMILES string of the molecule is CC(CO)CC(O)S(N)(=O)=O. The molecule has 0 heterocycles. The van der Waals surface area contributed by atoms with E-state index in [0.29, 0.717) is 0 Å². The smallest absolute Gasteiger partial charge is 0.235 e. The second-order valence-electron chi connectivity index (χ2n) is 2.57. The zero-order chi connectivity index (χ0) is 9.07. The van der Waals surface area contributed by atoms with Gasteiger partial charge in [0.15, 0.2) is 5.44 Å². The lowest BCUT2D eigenvalue weighted by molar-refractivity contribution is 0.171. The quantitative estimate of drug-likeness (QED) is 0.499. The normalized spacial score (nSPS) is 17.8. The van der Waals surface area contributed by atoms with E-state index in [1.54, 1.807) is 6.92 Å². The van der Waals surface area contributed by atoms with Gasteiger partial charge >= 0.3 is 0 Å². The first kappa shape index (κ1) is 10.8. The maximum Gasteiger partial charge on any atom is 0.235 e. The van der Waals surface area contributed by atoms with Crippen LogP contribution in [0.1, 0.15) is 13.3 Å². The first-order valence-corrected chi connectivity index (χ1v) is 4.79. The number of aliphatic hydroxyl groups excluding tert-OH is 2. The van der Waals surface area contributed by atoms with Gasteiger partial charge < -0.3 is 10.2 Å². The summed E-state index contributed by atoms with van der Waals surface area (Å²) in [5, 5.41) is 22.0. The molecule has 4 N–H and O–H groups in total. The Kier molecular flexibility index (Phi) is 3.95. The molecule has 0 radical (unpaired) electrons. The summed E-state index contributed by atoms with van der Waals surface area (Å²) in [6, 6.07) is 0. The summed E-state index contributed by atoms with van der Waals surface area (Å²) in [5.41, 5.74) is -1.57. The Balaban J connectivity index is 3.98. The lowest BCUT2D eigenvalue weighted by atomic mass is 10.1. The van der Waals surface area contributed by atoms with Crippen LogP contribution in [0.2, 0.25) is 0 Å². The van der Waals surface area contributed by atoms with Crippen molar-refractivity contribution in [1.82, 2.24) is 0 Å². The van der Waals surface area contributed by atoms with Crippen molar-refractivity contribution >= 4 is 10.0 Å². The molecule has 0 bridgehead atoms. The van der Waals surface area contributed by atoms with Crippen molar-refractivity contribution < 1.29 is 18.6 Å². The van der Waals surface area contributed by atoms with Gasteiger partial charge in [-0.2, -0.15) is 0 Å². The highest BCUT2D eigenvalue weighted by Crippen LogP contribution is 2.07. The van der Waals surface area contributed by atoms with E-state index >= 15 is 0 Å². The Morgan fingerprint density at radius 2 is 2.00 bits per heavy atom. The highest BCUT2D eigenvalue weighted by molar-refractivity contribution is 7.89. The van der Waals surface area contributed by atoms with Crippen molar-refractivity contribution in [2.24, 2.45) is 11.1 Å². The third-order valence-corrected chi connectivity index (χ3v) is 2.25. The maximum absolute atomic E-state index is 10.4. The minimum atomic E-state index is -3.86. The molecule has 0 aliphatic carbocycles. The van der Waals surface area contributed by atoms with Gasteiger partial charge in [0, 0.05) is 6.61 Å². The summed E-state index contributed by atoms with van der Waals surface area (Å²) in [4.78, 5) is 0. The number of rotatable bonds is 4. The van der Waals surface area contributed by atoms with Crippen LogP contribution in [0.25, 0.3) is 0 Å². The van der Waals surface area contributed by atoms with Crippen LogP contribution in [-0.4, -0.2) is 30.7 Å². The van der Waals surface area contributed by atoms with Crippen LogP contribution >= 0.6 is 0 Å². The third kappa shape index (κ3) is 4.31. The summed E-state index contributed by atoms with van der Waals surface area (Å²) in [6.45, 7) is 1.46. The molecule has 6 heteroatoms. The van der Waals surface area contributed by atoms with Gasteiger partial charge in [0.05, 0.1) is 0 Å². The fourth-order valence-corrected chi connectivity index (χ4v) is 1.15. The van der Waals surface area contributed by atoms with Gasteiger partial charge in [-0.05, 0) is 12.3 Å². The van der Waals surface area contributed by atoms with Gasteiger partial charge in [-0.3, -0.25) is 0 Å². The van der Waals surface area contributed by atoms with E-state index in [1.807, 2.05) is 0 Å². The molecular weight excluding hydrogens is 170 g/mol. The van der Waals surface area contributed by atoms with Crippen molar-refractivity contribution in [3.05, 3.63) is 0 Å². The molecule has 0 amide bonds. The van der Waals surface area contributed by atoms with Gasteiger partial charge in [-0.1, -0.05) is 6.92 Å². The average Bonchev–Trinajstić information content (AvgIpc) is 1.85. The molecule has 0 aromatic carbocycles.